The number of carbonyl (C=O) groups is 1. The third-order valence-corrected chi connectivity index (χ3v) is 3.01. The smallest absolute Gasteiger partial charge is 0.251 e. The molecule has 1 aromatic carbocycles. The van der Waals surface area contributed by atoms with Gasteiger partial charge in [-0.2, -0.15) is 0 Å². The Morgan fingerprint density at radius 3 is 2.70 bits per heavy atom. The summed E-state index contributed by atoms with van der Waals surface area (Å²) < 4.78 is 11.8. The summed E-state index contributed by atoms with van der Waals surface area (Å²) in [7, 11) is 0. The fourth-order valence-electron chi connectivity index (χ4n) is 1.58. The van der Waals surface area contributed by atoms with Crippen LogP contribution < -0.4 is 14.8 Å². The summed E-state index contributed by atoms with van der Waals surface area (Å²) in [6.07, 6.45) is 0.886. The Bertz CT molecular complexity index is 451. The van der Waals surface area contributed by atoms with Gasteiger partial charge >= 0.3 is 0 Å². The number of amides is 1. The molecular weight excluding hydrogens is 326 g/mol. The molecule has 0 aliphatic heterocycles. The van der Waals surface area contributed by atoms with Gasteiger partial charge in [-0.05, 0) is 41.4 Å². The molecule has 112 valence electrons. The summed E-state index contributed by atoms with van der Waals surface area (Å²) >= 11 is 3.40. The summed E-state index contributed by atoms with van der Waals surface area (Å²) in [5.41, 5.74) is 0.456. The van der Waals surface area contributed by atoms with Crippen molar-refractivity contribution in [1.82, 2.24) is 5.32 Å². The molecule has 0 aliphatic carbocycles. The van der Waals surface area contributed by atoms with Crippen LogP contribution in [0.5, 0.6) is 11.5 Å². The zero-order valence-electron chi connectivity index (χ0n) is 11.7. The lowest BCUT2D eigenvalue weighted by molar-refractivity contribution is 0.0944. The second-order valence-electron chi connectivity index (χ2n) is 4.05. The fourth-order valence-corrected chi connectivity index (χ4v) is 2.13. The lowest BCUT2D eigenvalue weighted by Crippen LogP contribution is -2.26. The van der Waals surface area contributed by atoms with Crippen LogP contribution in [0.25, 0.3) is 0 Å². The van der Waals surface area contributed by atoms with Crippen LogP contribution in [0, 0.1) is 0 Å². The maximum Gasteiger partial charge on any atom is 0.251 e. The quantitative estimate of drug-likeness (QED) is 0.758. The number of benzene rings is 1. The van der Waals surface area contributed by atoms with Crippen molar-refractivity contribution >= 4 is 21.8 Å². The Hall–Kier alpha value is -1.27. The van der Waals surface area contributed by atoms with Crippen LogP contribution >= 0.6 is 15.9 Å². The summed E-state index contributed by atoms with van der Waals surface area (Å²) in [6.45, 7) is 5.07. The van der Waals surface area contributed by atoms with Crippen molar-refractivity contribution in [2.75, 3.05) is 26.4 Å². The third kappa shape index (κ3) is 4.68. The minimum absolute atomic E-state index is 0.0943. The molecule has 5 nitrogen and oxygen atoms in total. The van der Waals surface area contributed by atoms with E-state index in [0.717, 1.165) is 6.42 Å². The zero-order valence-corrected chi connectivity index (χ0v) is 13.3. The SMILES string of the molecule is CCCOc1c(Br)cc(C(=O)NCCO)cc1OCC. The standard InChI is InChI=1S/C14H20BrNO4/c1-3-7-20-13-11(15)8-10(9-12(13)19-4-2)14(18)16-5-6-17/h8-9,17H,3-7H2,1-2H3,(H,16,18). The van der Waals surface area contributed by atoms with E-state index in [9.17, 15) is 4.79 Å². The van der Waals surface area contributed by atoms with E-state index in [1.54, 1.807) is 12.1 Å². The minimum Gasteiger partial charge on any atom is -0.490 e. The van der Waals surface area contributed by atoms with E-state index in [1.807, 2.05) is 13.8 Å². The number of halogens is 1. The summed E-state index contributed by atoms with van der Waals surface area (Å²) in [5, 5.41) is 11.3. The van der Waals surface area contributed by atoms with Crippen LogP contribution in [0.3, 0.4) is 0 Å². The van der Waals surface area contributed by atoms with E-state index in [2.05, 4.69) is 21.2 Å². The first kappa shape index (κ1) is 16.8. The van der Waals surface area contributed by atoms with Gasteiger partial charge in [0.25, 0.3) is 5.91 Å². The molecule has 1 amide bonds. The largest absolute Gasteiger partial charge is 0.490 e. The highest BCUT2D eigenvalue weighted by molar-refractivity contribution is 9.10. The number of hydrogen-bond acceptors (Lipinski definition) is 4. The Morgan fingerprint density at radius 1 is 1.35 bits per heavy atom. The van der Waals surface area contributed by atoms with Crippen LogP contribution in [0.4, 0.5) is 0 Å². The second-order valence-corrected chi connectivity index (χ2v) is 4.90. The molecular formula is C14H20BrNO4. The van der Waals surface area contributed by atoms with E-state index in [4.69, 9.17) is 14.6 Å². The van der Waals surface area contributed by atoms with Gasteiger partial charge in [-0.15, -0.1) is 0 Å². The lowest BCUT2D eigenvalue weighted by Gasteiger charge is -2.15. The molecule has 0 saturated heterocycles. The highest BCUT2D eigenvalue weighted by Crippen LogP contribution is 2.37. The van der Waals surface area contributed by atoms with Gasteiger partial charge in [-0.25, -0.2) is 0 Å². The van der Waals surface area contributed by atoms with Crippen molar-refractivity contribution in [3.05, 3.63) is 22.2 Å². The Labute approximate surface area is 127 Å². The first-order chi connectivity index (χ1) is 9.63. The number of aliphatic hydroxyl groups excluding tert-OH is 1. The third-order valence-electron chi connectivity index (χ3n) is 2.42. The Morgan fingerprint density at radius 2 is 2.10 bits per heavy atom. The minimum atomic E-state index is -0.261. The van der Waals surface area contributed by atoms with Gasteiger partial charge in [-0.1, -0.05) is 6.92 Å². The van der Waals surface area contributed by atoms with E-state index < -0.39 is 0 Å². The predicted octanol–water partition coefficient (Wildman–Crippen LogP) is 2.36. The number of hydrogen-bond donors (Lipinski definition) is 2. The average Bonchev–Trinajstić information content (AvgIpc) is 2.44. The highest BCUT2D eigenvalue weighted by Gasteiger charge is 2.15. The van der Waals surface area contributed by atoms with Crippen molar-refractivity contribution in [3.63, 3.8) is 0 Å². The normalized spacial score (nSPS) is 10.2. The van der Waals surface area contributed by atoms with Gasteiger partial charge in [-0.3, -0.25) is 4.79 Å². The zero-order chi connectivity index (χ0) is 15.0. The van der Waals surface area contributed by atoms with Gasteiger partial charge < -0.3 is 19.9 Å². The van der Waals surface area contributed by atoms with Crippen molar-refractivity contribution < 1.29 is 19.4 Å². The molecule has 0 aliphatic rings. The predicted molar refractivity (Wildman–Crippen MR) is 80.5 cm³/mol. The van der Waals surface area contributed by atoms with Gasteiger partial charge in [0.2, 0.25) is 0 Å². The molecule has 0 heterocycles. The van der Waals surface area contributed by atoms with Gasteiger partial charge in [0.1, 0.15) is 0 Å². The van der Waals surface area contributed by atoms with E-state index in [1.165, 1.54) is 0 Å². The molecule has 2 N–H and O–H groups in total. The van der Waals surface area contributed by atoms with Crippen molar-refractivity contribution in [1.29, 1.82) is 0 Å². The molecule has 0 unspecified atom stereocenters. The first-order valence-electron chi connectivity index (χ1n) is 6.62. The molecule has 0 atom stereocenters. The summed E-state index contributed by atoms with van der Waals surface area (Å²) in [5.74, 6) is 0.875. The van der Waals surface area contributed by atoms with E-state index in [-0.39, 0.29) is 19.1 Å². The number of ether oxygens (including phenoxy) is 2. The number of rotatable bonds is 8. The number of aliphatic hydroxyl groups is 1. The molecule has 0 fully saturated rings. The molecule has 1 aromatic rings. The molecule has 20 heavy (non-hydrogen) atoms. The number of carbonyl (C=O) groups excluding carboxylic acids is 1. The highest BCUT2D eigenvalue weighted by atomic mass is 79.9. The first-order valence-corrected chi connectivity index (χ1v) is 7.41. The number of nitrogens with one attached hydrogen (secondary N) is 1. The summed E-state index contributed by atoms with van der Waals surface area (Å²) in [4.78, 5) is 11.9. The molecule has 1 rings (SSSR count). The molecule has 6 heteroatoms. The van der Waals surface area contributed by atoms with Crippen LogP contribution in [0.2, 0.25) is 0 Å². The van der Waals surface area contributed by atoms with E-state index in [0.29, 0.717) is 34.7 Å². The molecule has 0 bridgehead atoms. The van der Waals surface area contributed by atoms with Gasteiger partial charge in [0.05, 0.1) is 24.3 Å². The van der Waals surface area contributed by atoms with Gasteiger partial charge in [0.15, 0.2) is 11.5 Å². The molecule has 0 spiro atoms. The van der Waals surface area contributed by atoms with Crippen molar-refractivity contribution in [3.8, 4) is 11.5 Å². The van der Waals surface area contributed by atoms with Gasteiger partial charge in [0, 0.05) is 12.1 Å². The molecule has 0 saturated carbocycles. The van der Waals surface area contributed by atoms with Crippen molar-refractivity contribution in [2.24, 2.45) is 0 Å². The monoisotopic (exact) mass is 345 g/mol. The maximum atomic E-state index is 11.9. The van der Waals surface area contributed by atoms with E-state index >= 15 is 0 Å². The van der Waals surface area contributed by atoms with Crippen LogP contribution in [-0.4, -0.2) is 37.4 Å². The topological polar surface area (TPSA) is 67.8 Å². The Kier molecular flexibility index (Phi) is 7.40. The fraction of sp³-hybridized carbons (Fsp3) is 0.500. The van der Waals surface area contributed by atoms with Crippen LogP contribution in [0.15, 0.2) is 16.6 Å². The lowest BCUT2D eigenvalue weighted by atomic mass is 10.2. The van der Waals surface area contributed by atoms with Crippen molar-refractivity contribution in [2.45, 2.75) is 20.3 Å². The van der Waals surface area contributed by atoms with Crippen LogP contribution in [0.1, 0.15) is 30.6 Å². The Balaban J connectivity index is 3.02. The maximum absolute atomic E-state index is 11.9. The average molecular weight is 346 g/mol. The molecule has 0 radical (unpaired) electrons. The van der Waals surface area contributed by atoms with Crippen LogP contribution in [-0.2, 0) is 0 Å². The summed E-state index contributed by atoms with van der Waals surface area (Å²) in [6, 6.07) is 3.33. The second kappa shape index (κ2) is 8.81. The molecule has 0 aromatic heterocycles.